The normalized spacial score (nSPS) is 31.1. The number of aromatic nitrogens is 2. The summed E-state index contributed by atoms with van der Waals surface area (Å²) in [6.45, 7) is 4.25. The van der Waals surface area contributed by atoms with Gasteiger partial charge in [0.1, 0.15) is 0 Å². The van der Waals surface area contributed by atoms with Crippen molar-refractivity contribution in [1.82, 2.24) is 10.1 Å². The monoisotopic (exact) mass is 299 g/mol. The molecule has 0 spiro atoms. The Morgan fingerprint density at radius 1 is 1.37 bits per heavy atom. The summed E-state index contributed by atoms with van der Waals surface area (Å²) in [5.74, 6) is 4.36. The van der Waals surface area contributed by atoms with Crippen molar-refractivity contribution in [2.45, 2.75) is 49.1 Å². The third-order valence-corrected chi connectivity index (χ3v) is 7.28. The van der Waals surface area contributed by atoms with Crippen LogP contribution >= 0.6 is 23.5 Å². The second-order valence-corrected chi connectivity index (χ2v) is 8.22. The SMILES string of the molecule is CCC1SCCSC1c1noc(C(C)(N)C2CC2)n1. The average Bonchev–Trinajstić information content (AvgIpc) is 3.17. The van der Waals surface area contributed by atoms with E-state index in [0.717, 1.165) is 18.0 Å². The van der Waals surface area contributed by atoms with E-state index in [2.05, 4.69) is 17.1 Å². The predicted molar refractivity (Wildman–Crippen MR) is 80.3 cm³/mol. The molecule has 19 heavy (non-hydrogen) atoms. The van der Waals surface area contributed by atoms with Crippen LogP contribution in [0.2, 0.25) is 0 Å². The van der Waals surface area contributed by atoms with Crippen LogP contribution in [0.1, 0.15) is 50.1 Å². The van der Waals surface area contributed by atoms with Crippen LogP contribution < -0.4 is 5.73 Å². The van der Waals surface area contributed by atoms with Crippen LogP contribution in [0.3, 0.4) is 0 Å². The fourth-order valence-corrected chi connectivity index (χ4v) is 5.55. The number of nitrogens with two attached hydrogens (primary N) is 1. The van der Waals surface area contributed by atoms with E-state index in [4.69, 9.17) is 10.3 Å². The molecule has 3 unspecified atom stereocenters. The number of hydrogen-bond acceptors (Lipinski definition) is 6. The molecule has 0 aromatic carbocycles. The van der Waals surface area contributed by atoms with E-state index in [0.29, 0.717) is 22.3 Å². The molecule has 3 rings (SSSR count). The first kappa shape index (κ1) is 13.8. The van der Waals surface area contributed by atoms with Gasteiger partial charge in [-0.25, -0.2) is 0 Å². The summed E-state index contributed by atoms with van der Waals surface area (Å²) in [5, 5.41) is 5.16. The third kappa shape index (κ3) is 2.67. The van der Waals surface area contributed by atoms with Crippen LogP contribution in [-0.2, 0) is 5.54 Å². The van der Waals surface area contributed by atoms with Gasteiger partial charge in [-0.15, -0.1) is 11.8 Å². The molecule has 1 aliphatic carbocycles. The van der Waals surface area contributed by atoms with Gasteiger partial charge >= 0.3 is 0 Å². The summed E-state index contributed by atoms with van der Waals surface area (Å²) in [7, 11) is 0. The highest BCUT2D eigenvalue weighted by molar-refractivity contribution is 8.06. The van der Waals surface area contributed by atoms with Crippen LogP contribution in [0.4, 0.5) is 0 Å². The largest absolute Gasteiger partial charge is 0.337 e. The molecule has 1 aromatic rings. The standard InChI is InChI=1S/C13H21N3OS2/c1-3-9-10(19-7-6-18-9)11-15-12(17-16-11)13(2,14)8-4-5-8/h8-10H,3-7,14H2,1-2H3. The maximum Gasteiger partial charge on any atom is 0.246 e. The topological polar surface area (TPSA) is 64.9 Å². The number of thioether (sulfide) groups is 2. The Balaban J connectivity index is 1.80. The van der Waals surface area contributed by atoms with Crippen molar-refractivity contribution in [1.29, 1.82) is 0 Å². The molecule has 2 heterocycles. The maximum absolute atomic E-state index is 6.35. The summed E-state index contributed by atoms with van der Waals surface area (Å²) < 4.78 is 5.47. The highest BCUT2D eigenvalue weighted by atomic mass is 32.2. The first-order chi connectivity index (χ1) is 9.13. The third-order valence-electron chi connectivity index (χ3n) is 4.04. The summed E-state index contributed by atoms with van der Waals surface area (Å²) in [5.41, 5.74) is 5.90. The quantitative estimate of drug-likeness (QED) is 0.922. The molecule has 2 aliphatic rings. The molecular weight excluding hydrogens is 278 g/mol. The molecule has 4 nitrogen and oxygen atoms in total. The molecule has 1 saturated carbocycles. The smallest absolute Gasteiger partial charge is 0.246 e. The van der Waals surface area contributed by atoms with Crippen molar-refractivity contribution >= 4 is 23.5 Å². The molecule has 1 aliphatic heterocycles. The van der Waals surface area contributed by atoms with Gasteiger partial charge in [-0.05, 0) is 32.1 Å². The van der Waals surface area contributed by atoms with Crippen LogP contribution in [0.15, 0.2) is 4.52 Å². The van der Waals surface area contributed by atoms with E-state index in [1.807, 2.05) is 30.4 Å². The zero-order chi connectivity index (χ0) is 13.5. The Hall–Kier alpha value is -0.200. The minimum atomic E-state index is -0.445. The van der Waals surface area contributed by atoms with Gasteiger partial charge in [-0.2, -0.15) is 16.7 Å². The molecule has 0 radical (unpaired) electrons. The summed E-state index contributed by atoms with van der Waals surface area (Å²) in [6, 6.07) is 0. The molecular formula is C13H21N3OS2. The van der Waals surface area contributed by atoms with Gasteiger partial charge in [0.05, 0.1) is 10.8 Å². The fourth-order valence-electron chi connectivity index (χ4n) is 2.57. The Bertz CT molecular complexity index is 445. The lowest BCUT2D eigenvalue weighted by molar-refractivity contribution is 0.272. The van der Waals surface area contributed by atoms with Crippen LogP contribution in [0, 0.1) is 5.92 Å². The second kappa shape index (κ2) is 5.30. The number of rotatable bonds is 4. The molecule has 2 N–H and O–H groups in total. The van der Waals surface area contributed by atoms with Gasteiger partial charge in [0, 0.05) is 16.8 Å². The molecule has 0 bridgehead atoms. The zero-order valence-corrected chi connectivity index (χ0v) is 13.1. The lowest BCUT2D eigenvalue weighted by Gasteiger charge is -2.27. The lowest BCUT2D eigenvalue weighted by atomic mass is 9.97. The number of nitrogens with zero attached hydrogens (tertiary/aromatic N) is 2. The van der Waals surface area contributed by atoms with E-state index in [1.54, 1.807) is 0 Å². The minimum Gasteiger partial charge on any atom is -0.337 e. The molecule has 0 amide bonds. The first-order valence-corrected chi connectivity index (χ1v) is 9.08. The Morgan fingerprint density at radius 3 is 2.79 bits per heavy atom. The van der Waals surface area contributed by atoms with E-state index in [9.17, 15) is 0 Å². The van der Waals surface area contributed by atoms with Gasteiger partial charge in [-0.1, -0.05) is 12.1 Å². The van der Waals surface area contributed by atoms with Crippen molar-refractivity contribution in [3.8, 4) is 0 Å². The summed E-state index contributed by atoms with van der Waals surface area (Å²) in [6.07, 6.45) is 3.50. The molecule has 1 aromatic heterocycles. The number of hydrogen-bond donors (Lipinski definition) is 1. The van der Waals surface area contributed by atoms with E-state index in [-0.39, 0.29) is 0 Å². The van der Waals surface area contributed by atoms with Crippen molar-refractivity contribution in [3.63, 3.8) is 0 Å². The van der Waals surface area contributed by atoms with Gasteiger partial charge in [-0.3, -0.25) is 0 Å². The van der Waals surface area contributed by atoms with Crippen LogP contribution in [0.5, 0.6) is 0 Å². The molecule has 2 fully saturated rings. The average molecular weight is 299 g/mol. The van der Waals surface area contributed by atoms with Crippen molar-refractivity contribution < 1.29 is 4.52 Å². The van der Waals surface area contributed by atoms with Gasteiger partial charge < -0.3 is 10.3 Å². The van der Waals surface area contributed by atoms with Crippen molar-refractivity contribution in [2.24, 2.45) is 11.7 Å². The summed E-state index contributed by atoms with van der Waals surface area (Å²) >= 11 is 3.98. The molecule has 6 heteroatoms. The lowest BCUT2D eigenvalue weighted by Crippen LogP contribution is -2.35. The molecule has 1 saturated heterocycles. The van der Waals surface area contributed by atoms with Gasteiger partial charge in [0.2, 0.25) is 5.89 Å². The van der Waals surface area contributed by atoms with Gasteiger partial charge in [0.25, 0.3) is 0 Å². The predicted octanol–water partition coefficient (Wildman–Crippen LogP) is 2.95. The van der Waals surface area contributed by atoms with E-state index in [1.165, 1.54) is 18.6 Å². The maximum atomic E-state index is 6.35. The molecule has 106 valence electrons. The van der Waals surface area contributed by atoms with E-state index >= 15 is 0 Å². The molecule has 3 atom stereocenters. The highest BCUT2D eigenvalue weighted by Gasteiger charge is 2.44. The second-order valence-electron chi connectivity index (χ2n) is 5.62. The Kier molecular flexibility index (Phi) is 3.84. The van der Waals surface area contributed by atoms with Crippen molar-refractivity contribution in [2.75, 3.05) is 11.5 Å². The van der Waals surface area contributed by atoms with E-state index < -0.39 is 5.54 Å². The van der Waals surface area contributed by atoms with Crippen molar-refractivity contribution in [3.05, 3.63) is 11.7 Å². The highest BCUT2D eigenvalue weighted by Crippen LogP contribution is 2.45. The first-order valence-electron chi connectivity index (χ1n) is 6.99. The fraction of sp³-hybridized carbons (Fsp3) is 0.846. The zero-order valence-electron chi connectivity index (χ0n) is 11.5. The summed E-state index contributed by atoms with van der Waals surface area (Å²) in [4.78, 5) is 4.63. The Labute approximate surface area is 122 Å². The van der Waals surface area contributed by atoms with Crippen LogP contribution in [0.25, 0.3) is 0 Å². The minimum absolute atomic E-state index is 0.358. The van der Waals surface area contributed by atoms with Crippen LogP contribution in [-0.4, -0.2) is 26.9 Å². The van der Waals surface area contributed by atoms with Gasteiger partial charge in [0.15, 0.2) is 5.82 Å². The Morgan fingerprint density at radius 2 is 2.11 bits per heavy atom.